The molecule has 24 heavy (non-hydrogen) atoms. The molecule has 0 spiro atoms. The molecule has 1 atom stereocenters. The minimum Gasteiger partial charge on any atom is -0.497 e. The molecule has 0 radical (unpaired) electrons. The summed E-state index contributed by atoms with van der Waals surface area (Å²) in [5, 5.41) is 0. The van der Waals surface area contributed by atoms with Crippen LogP contribution in [0.3, 0.4) is 0 Å². The second-order valence-corrected chi connectivity index (χ2v) is 5.72. The zero-order valence-corrected chi connectivity index (χ0v) is 13.7. The third kappa shape index (κ3) is 2.38. The molecule has 1 aliphatic heterocycles. The first-order valence-electron chi connectivity index (χ1n) is 7.88. The van der Waals surface area contributed by atoms with Gasteiger partial charge in [0.25, 0.3) is 0 Å². The molecule has 3 heteroatoms. The second kappa shape index (κ2) is 5.93. The molecule has 0 aliphatic carbocycles. The molecule has 0 bridgehead atoms. The fourth-order valence-corrected chi connectivity index (χ4v) is 3.14. The quantitative estimate of drug-likeness (QED) is 0.691. The SMILES string of the molecule is COc1ccc([C@H]2Oc3cc(OC)ccc3-c3ccccc32)cc1. The Kier molecular flexibility index (Phi) is 3.62. The molecule has 0 unspecified atom stereocenters. The highest BCUT2D eigenvalue weighted by molar-refractivity contribution is 5.77. The second-order valence-electron chi connectivity index (χ2n) is 5.72. The van der Waals surface area contributed by atoms with E-state index in [0.717, 1.165) is 28.4 Å². The van der Waals surface area contributed by atoms with Crippen LogP contribution in [0, 0.1) is 0 Å². The number of ether oxygens (including phenoxy) is 3. The largest absolute Gasteiger partial charge is 0.497 e. The van der Waals surface area contributed by atoms with Gasteiger partial charge in [0.15, 0.2) is 0 Å². The van der Waals surface area contributed by atoms with E-state index >= 15 is 0 Å². The van der Waals surface area contributed by atoms with Gasteiger partial charge in [-0.1, -0.05) is 36.4 Å². The third-order valence-corrected chi connectivity index (χ3v) is 4.39. The summed E-state index contributed by atoms with van der Waals surface area (Å²) in [7, 11) is 3.34. The van der Waals surface area contributed by atoms with E-state index in [1.165, 1.54) is 11.1 Å². The number of hydrogen-bond acceptors (Lipinski definition) is 3. The lowest BCUT2D eigenvalue weighted by Gasteiger charge is -2.29. The van der Waals surface area contributed by atoms with Gasteiger partial charge >= 0.3 is 0 Å². The van der Waals surface area contributed by atoms with Gasteiger partial charge in [-0.3, -0.25) is 0 Å². The van der Waals surface area contributed by atoms with Crippen LogP contribution in [0.2, 0.25) is 0 Å². The molecular formula is C21H18O3. The standard InChI is InChI=1S/C21H18O3/c1-22-15-9-7-14(8-10-15)21-19-6-4-3-5-17(19)18-12-11-16(23-2)13-20(18)24-21/h3-13,21H,1-2H3/t21-/m1/s1. The Morgan fingerprint density at radius 1 is 0.750 bits per heavy atom. The van der Waals surface area contributed by atoms with Crippen LogP contribution in [0.15, 0.2) is 66.7 Å². The van der Waals surface area contributed by atoms with Gasteiger partial charge < -0.3 is 14.2 Å². The lowest BCUT2D eigenvalue weighted by Crippen LogP contribution is -2.15. The van der Waals surface area contributed by atoms with E-state index in [0.29, 0.717) is 0 Å². The number of methoxy groups -OCH3 is 2. The van der Waals surface area contributed by atoms with Crippen LogP contribution in [0.25, 0.3) is 11.1 Å². The molecule has 0 saturated heterocycles. The summed E-state index contributed by atoms with van der Waals surface area (Å²) in [6, 6.07) is 22.3. The highest BCUT2D eigenvalue weighted by Crippen LogP contribution is 2.45. The van der Waals surface area contributed by atoms with Crippen LogP contribution in [0.5, 0.6) is 17.2 Å². The van der Waals surface area contributed by atoms with Gasteiger partial charge in [-0.15, -0.1) is 0 Å². The van der Waals surface area contributed by atoms with Crippen molar-refractivity contribution in [2.75, 3.05) is 14.2 Å². The first-order valence-corrected chi connectivity index (χ1v) is 7.88. The van der Waals surface area contributed by atoms with Crippen molar-refractivity contribution in [3.63, 3.8) is 0 Å². The summed E-state index contributed by atoms with van der Waals surface area (Å²) >= 11 is 0. The number of benzene rings is 3. The average Bonchev–Trinajstić information content (AvgIpc) is 2.67. The van der Waals surface area contributed by atoms with Gasteiger partial charge in [0.05, 0.1) is 14.2 Å². The topological polar surface area (TPSA) is 27.7 Å². The first-order chi connectivity index (χ1) is 11.8. The zero-order valence-electron chi connectivity index (χ0n) is 13.7. The van der Waals surface area contributed by atoms with E-state index in [9.17, 15) is 0 Å². The number of fused-ring (bicyclic) bond motifs is 3. The highest BCUT2D eigenvalue weighted by Gasteiger charge is 2.27. The third-order valence-electron chi connectivity index (χ3n) is 4.39. The van der Waals surface area contributed by atoms with E-state index in [1.54, 1.807) is 14.2 Å². The molecular weight excluding hydrogens is 300 g/mol. The Labute approximate surface area is 141 Å². The maximum Gasteiger partial charge on any atom is 0.149 e. The van der Waals surface area contributed by atoms with E-state index in [1.807, 2.05) is 42.5 Å². The smallest absolute Gasteiger partial charge is 0.149 e. The Hall–Kier alpha value is -2.94. The summed E-state index contributed by atoms with van der Waals surface area (Å²) in [6.45, 7) is 0. The minimum absolute atomic E-state index is 0.147. The van der Waals surface area contributed by atoms with Gasteiger partial charge in [-0.25, -0.2) is 0 Å². The van der Waals surface area contributed by atoms with Gasteiger partial charge in [-0.05, 0) is 35.4 Å². The molecule has 120 valence electrons. The lowest BCUT2D eigenvalue weighted by molar-refractivity contribution is 0.242. The maximum absolute atomic E-state index is 6.34. The molecule has 0 amide bonds. The molecule has 0 saturated carbocycles. The number of rotatable bonds is 3. The van der Waals surface area contributed by atoms with E-state index in [4.69, 9.17) is 14.2 Å². The molecule has 1 heterocycles. The predicted molar refractivity (Wildman–Crippen MR) is 93.9 cm³/mol. The van der Waals surface area contributed by atoms with Gasteiger partial charge in [0.1, 0.15) is 23.4 Å². The van der Waals surface area contributed by atoms with Gasteiger partial charge in [-0.2, -0.15) is 0 Å². The normalized spacial score (nSPS) is 15.0. The summed E-state index contributed by atoms with van der Waals surface area (Å²) in [4.78, 5) is 0. The van der Waals surface area contributed by atoms with Crippen LogP contribution in [-0.2, 0) is 0 Å². The van der Waals surface area contributed by atoms with Crippen molar-refractivity contribution in [2.45, 2.75) is 6.10 Å². The van der Waals surface area contributed by atoms with Crippen molar-refractivity contribution in [3.8, 4) is 28.4 Å². The van der Waals surface area contributed by atoms with Crippen molar-refractivity contribution in [1.29, 1.82) is 0 Å². The van der Waals surface area contributed by atoms with Crippen LogP contribution < -0.4 is 14.2 Å². The average molecular weight is 318 g/mol. The molecule has 0 fully saturated rings. The Morgan fingerprint density at radius 3 is 2.21 bits per heavy atom. The van der Waals surface area contributed by atoms with Crippen LogP contribution >= 0.6 is 0 Å². The Bertz CT molecular complexity index is 869. The molecule has 0 N–H and O–H groups in total. The van der Waals surface area contributed by atoms with E-state index < -0.39 is 0 Å². The first kappa shape index (κ1) is 14.6. The van der Waals surface area contributed by atoms with Crippen LogP contribution in [0.4, 0.5) is 0 Å². The van der Waals surface area contributed by atoms with Crippen molar-refractivity contribution < 1.29 is 14.2 Å². The molecule has 0 aromatic heterocycles. The molecule has 4 rings (SSSR count). The Balaban J connectivity index is 1.84. The molecule has 3 aromatic rings. The number of hydrogen-bond donors (Lipinski definition) is 0. The molecule has 3 nitrogen and oxygen atoms in total. The van der Waals surface area contributed by atoms with E-state index in [-0.39, 0.29) is 6.10 Å². The van der Waals surface area contributed by atoms with Crippen molar-refractivity contribution in [2.24, 2.45) is 0 Å². The summed E-state index contributed by atoms with van der Waals surface area (Å²) < 4.78 is 16.9. The summed E-state index contributed by atoms with van der Waals surface area (Å²) in [6.07, 6.45) is -0.147. The Morgan fingerprint density at radius 2 is 1.46 bits per heavy atom. The van der Waals surface area contributed by atoms with Crippen molar-refractivity contribution >= 4 is 0 Å². The summed E-state index contributed by atoms with van der Waals surface area (Å²) in [5.41, 5.74) is 4.55. The minimum atomic E-state index is -0.147. The highest BCUT2D eigenvalue weighted by atomic mass is 16.5. The van der Waals surface area contributed by atoms with Crippen molar-refractivity contribution in [3.05, 3.63) is 77.9 Å². The van der Waals surface area contributed by atoms with Crippen LogP contribution in [-0.4, -0.2) is 14.2 Å². The van der Waals surface area contributed by atoms with Gasteiger partial charge in [0, 0.05) is 17.2 Å². The zero-order chi connectivity index (χ0) is 16.5. The monoisotopic (exact) mass is 318 g/mol. The fourth-order valence-electron chi connectivity index (χ4n) is 3.14. The summed E-state index contributed by atoms with van der Waals surface area (Å²) in [5.74, 6) is 2.47. The predicted octanol–water partition coefficient (Wildman–Crippen LogP) is 4.85. The van der Waals surface area contributed by atoms with Crippen LogP contribution in [0.1, 0.15) is 17.2 Å². The van der Waals surface area contributed by atoms with E-state index in [2.05, 4.69) is 24.3 Å². The lowest BCUT2D eigenvalue weighted by atomic mass is 9.89. The van der Waals surface area contributed by atoms with Gasteiger partial charge in [0.2, 0.25) is 0 Å². The fraction of sp³-hybridized carbons (Fsp3) is 0.143. The molecule has 3 aromatic carbocycles. The molecule has 1 aliphatic rings. The van der Waals surface area contributed by atoms with Crippen molar-refractivity contribution in [1.82, 2.24) is 0 Å². The maximum atomic E-state index is 6.34.